The van der Waals surface area contributed by atoms with Crippen LogP contribution in [0.4, 0.5) is 0 Å². The number of nitrogens with zero attached hydrogens (tertiary/aromatic N) is 3. The van der Waals surface area contributed by atoms with E-state index in [2.05, 4.69) is 32.3 Å². The highest BCUT2D eigenvalue weighted by atomic mass is 16.7. The largest absolute Gasteiger partial charge is 0.497 e. The van der Waals surface area contributed by atoms with Gasteiger partial charge in [0.1, 0.15) is 5.75 Å². The second-order valence-corrected chi connectivity index (χ2v) is 9.01. The van der Waals surface area contributed by atoms with Gasteiger partial charge in [-0.1, -0.05) is 18.2 Å². The van der Waals surface area contributed by atoms with Crippen LogP contribution in [0.1, 0.15) is 18.4 Å². The smallest absolute Gasteiger partial charge is 0.316 e. The molecule has 0 bridgehead atoms. The molecule has 1 unspecified atom stereocenters. The number of carbonyl (C=O) groups is 1. The topological polar surface area (TPSA) is 95.0 Å². The fraction of sp³-hybridized carbons (Fsp3) is 0.370. The van der Waals surface area contributed by atoms with Crippen LogP contribution in [0.25, 0.3) is 11.1 Å². The van der Waals surface area contributed by atoms with Gasteiger partial charge in [0.25, 0.3) is 5.91 Å². The number of nitrogens with one attached hydrogen (secondary N) is 1. The lowest BCUT2D eigenvalue weighted by atomic mass is 9.97. The molecule has 3 heterocycles. The maximum atomic E-state index is 12.4. The number of likely N-dealkylation sites (tertiary alicyclic amines) is 1. The quantitative estimate of drug-likeness (QED) is 0.488. The molecule has 0 aliphatic carbocycles. The van der Waals surface area contributed by atoms with Crippen LogP contribution in [0, 0.1) is 5.92 Å². The maximum absolute atomic E-state index is 12.4. The number of fused-ring (bicyclic) bond motifs is 1. The molecular weight excluding hydrogens is 460 g/mol. The molecule has 1 amide bonds. The Kier molecular flexibility index (Phi) is 7.47. The molecule has 1 fully saturated rings. The summed E-state index contributed by atoms with van der Waals surface area (Å²) in [5.74, 6) is 2.60. The number of benzene rings is 2. The van der Waals surface area contributed by atoms with Crippen molar-refractivity contribution >= 4 is 5.91 Å². The van der Waals surface area contributed by atoms with E-state index in [1.807, 2.05) is 30.3 Å². The van der Waals surface area contributed by atoms with Crippen LogP contribution in [0.3, 0.4) is 0 Å². The van der Waals surface area contributed by atoms with Gasteiger partial charge < -0.3 is 24.3 Å². The van der Waals surface area contributed by atoms with Crippen LogP contribution in [0.2, 0.25) is 0 Å². The third-order valence-electron chi connectivity index (χ3n) is 6.40. The maximum Gasteiger partial charge on any atom is 0.316 e. The molecule has 9 nitrogen and oxygen atoms in total. The summed E-state index contributed by atoms with van der Waals surface area (Å²) in [6.07, 6.45) is 5.54. The molecule has 1 atom stereocenters. The number of ether oxygens (including phenoxy) is 4. The highest BCUT2D eigenvalue weighted by molar-refractivity contribution is 5.77. The minimum absolute atomic E-state index is 0.119. The summed E-state index contributed by atoms with van der Waals surface area (Å²) in [6.45, 7) is 3.62. The SMILES string of the molecule is COc1cccc(-c2cnc(OCC(=O)NCC3CCCN(Cc4ccc5c(c4)OCO5)C3)nc2)c1. The number of aromatic nitrogens is 2. The van der Waals surface area contributed by atoms with E-state index < -0.39 is 0 Å². The Bertz CT molecular complexity index is 1190. The van der Waals surface area contributed by atoms with Gasteiger partial charge in [-0.15, -0.1) is 0 Å². The van der Waals surface area contributed by atoms with Crippen molar-refractivity contribution in [2.24, 2.45) is 5.92 Å². The molecule has 1 aromatic heterocycles. The molecule has 1 saturated heterocycles. The predicted octanol–water partition coefficient (Wildman–Crippen LogP) is 3.29. The zero-order chi connectivity index (χ0) is 24.7. The van der Waals surface area contributed by atoms with E-state index in [1.165, 1.54) is 5.56 Å². The zero-order valence-corrected chi connectivity index (χ0v) is 20.3. The van der Waals surface area contributed by atoms with Crippen molar-refractivity contribution in [3.63, 3.8) is 0 Å². The van der Waals surface area contributed by atoms with Gasteiger partial charge in [-0.2, -0.15) is 0 Å². The highest BCUT2D eigenvalue weighted by Gasteiger charge is 2.22. The van der Waals surface area contributed by atoms with Crippen molar-refractivity contribution in [3.8, 4) is 34.4 Å². The van der Waals surface area contributed by atoms with Crippen LogP contribution in [0.5, 0.6) is 23.3 Å². The van der Waals surface area contributed by atoms with Gasteiger partial charge in [-0.3, -0.25) is 9.69 Å². The highest BCUT2D eigenvalue weighted by Crippen LogP contribution is 2.33. The Balaban J connectivity index is 1.05. The van der Waals surface area contributed by atoms with Gasteiger partial charge in [0, 0.05) is 37.6 Å². The van der Waals surface area contributed by atoms with Gasteiger partial charge in [0.05, 0.1) is 7.11 Å². The average Bonchev–Trinajstić information content (AvgIpc) is 3.39. The van der Waals surface area contributed by atoms with Crippen LogP contribution >= 0.6 is 0 Å². The lowest BCUT2D eigenvalue weighted by molar-refractivity contribution is -0.123. The normalized spacial score (nSPS) is 17.0. The minimum Gasteiger partial charge on any atom is -0.497 e. The van der Waals surface area contributed by atoms with E-state index in [0.29, 0.717) is 12.5 Å². The molecule has 9 heteroatoms. The van der Waals surface area contributed by atoms with Gasteiger partial charge >= 0.3 is 6.01 Å². The molecule has 3 aromatic rings. The average molecular weight is 491 g/mol. The first kappa shape index (κ1) is 23.9. The van der Waals surface area contributed by atoms with E-state index >= 15 is 0 Å². The van der Waals surface area contributed by atoms with Crippen LogP contribution in [-0.2, 0) is 11.3 Å². The Morgan fingerprint density at radius 1 is 1.11 bits per heavy atom. The predicted molar refractivity (Wildman–Crippen MR) is 133 cm³/mol. The number of hydrogen-bond donors (Lipinski definition) is 1. The summed E-state index contributed by atoms with van der Waals surface area (Å²) in [5.41, 5.74) is 2.99. The summed E-state index contributed by atoms with van der Waals surface area (Å²) < 4.78 is 21.6. The van der Waals surface area contributed by atoms with E-state index in [0.717, 1.165) is 60.9 Å². The number of hydrogen-bond acceptors (Lipinski definition) is 8. The lowest BCUT2D eigenvalue weighted by Gasteiger charge is -2.32. The first-order valence-corrected chi connectivity index (χ1v) is 12.1. The van der Waals surface area contributed by atoms with Crippen molar-refractivity contribution in [3.05, 3.63) is 60.4 Å². The molecule has 0 spiro atoms. The van der Waals surface area contributed by atoms with Crippen molar-refractivity contribution in [1.29, 1.82) is 0 Å². The number of amides is 1. The lowest BCUT2D eigenvalue weighted by Crippen LogP contribution is -2.41. The summed E-state index contributed by atoms with van der Waals surface area (Å²) in [5, 5.41) is 2.99. The Morgan fingerprint density at radius 2 is 1.97 bits per heavy atom. The van der Waals surface area contributed by atoms with E-state index in [4.69, 9.17) is 18.9 Å². The first-order valence-electron chi connectivity index (χ1n) is 12.1. The van der Waals surface area contributed by atoms with Crippen molar-refractivity contribution in [2.75, 3.05) is 40.1 Å². The summed E-state index contributed by atoms with van der Waals surface area (Å²) >= 11 is 0. The molecule has 0 radical (unpaired) electrons. The Hall–Kier alpha value is -3.85. The van der Waals surface area contributed by atoms with Crippen LogP contribution in [-0.4, -0.2) is 60.9 Å². The molecule has 2 aromatic carbocycles. The number of carbonyl (C=O) groups excluding carboxylic acids is 1. The van der Waals surface area contributed by atoms with Crippen molar-refractivity contribution in [1.82, 2.24) is 20.2 Å². The summed E-state index contributed by atoms with van der Waals surface area (Å²) in [4.78, 5) is 23.2. The Morgan fingerprint density at radius 3 is 2.83 bits per heavy atom. The van der Waals surface area contributed by atoms with Gasteiger partial charge in [0.2, 0.25) is 6.79 Å². The standard InChI is InChI=1S/C27H30N4O5/c1-33-23-6-2-5-21(11-23)22-13-29-27(30-14-22)34-17-26(32)28-12-20-4-3-9-31(16-20)15-19-7-8-24-25(10-19)36-18-35-24/h2,5-8,10-11,13-14,20H,3-4,9,12,15-18H2,1H3,(H,28,32). The molecule has 1 N–H and O–H groups in total. The minimum atomic E-state index is -0.177. The second-order valence-electron chi connectivity index (χ2n) is 9.01. The first-order chi connectivity index (χ1) is 17.7. The molecule has 2 aliphatic heterocycles. The molecule has 5 rings (SSSR count). The van der Waals surface area contributed by atoms with Crippen LogP contribution in [0.15, 0.2) is 54.9 Å². The Labute approximate surface area is 210 Å². The number of rotatable bonds is 9. The third kappa shape index (κ3) is 6.04. The second kappa shape index (κ2) is 11.3. The van der Waals surface area contributed by atoms with Crippen molar-refractivity contribution < 1.29 is 23.7 Å². The fourth-order valence-corrected chi connectivity index (χ4v) is 4.54. The summed E-state index contributed by atoms with van der Waals surface area (Å²) in [7, 11) is 1.63. The van der Waals surface area contributed by atoms with E-state index in [9.17, 15) is 4.79 Å². The number of piperidine rings is 1. The zero-order valence-electron chi connectivity index (χ0n) is 20.3. The van der Waals surface area contributed by atoms with Gasteiger partial charge in [-0.05, 0) is 60.7 Å². The van der Waals surface area contributed by atoms with E-state index in [1.54, 1.807) is 19.5 Å². The molecule has 0 saturated carbocycles. The molecular formula is C27H30N4O5. The van der Waals surface area contributed by atoms with Gasteiger partial charge in [-0.25, -0.2) is 9.97 Å². The molecule has 188 valence electrons. The molecule has 2 aliphatic rings. The van der Waals surface area contributed by atoms with E-state index in [-0.39, 0.29) is 25.3 Å². The number of methoxy groups -OCH3 is 1. The summed E-state index contributed by atoms with van der Waals surface area (Å²) in [6, 6.07) is 13.9. The van der Waals surface area contributed by atoms with Gasteiger partial charge in [0.15, 0.2) is 18.1 Å². The third-order valence-corrected chi connectivity index (χ3v) is 6.40. The van der Waals surface area contributed by atoms with Crippen molar-refractivity contribution in [2.45, 2.75) is 19.4 Å². The monoisotopic (exact) mass is 490 g/mol. The van der Waals surface area contributed by atoms with Crippen LogP contribution < -0.4 is 24.3 Å². The fourth-order valence-electron chi connectivity index (χ4n) is 4.54. The molecule has 36 heavy (non-hydrogen) atoms.